The molecule has 0 radical (unpaired) electrons. The van der Waals surface area contributed by atoms with Crippen molar-refractivity contribution in [2.45, 2.75) is 12.5 Å². The van der Waals surface area contributed by atoms with Crippen LogP contribution in [0.25, 0.3) is 0 Å². The van der Waals surface area contributed by atoms with E-state index in [-0.39, 0.29) is 31.1 Å². The van der Waals surface area contributed by atoms with Gasteiger partial charge in [-0.05, 0) is 6.42 Å². The lowest BCUT2D eigenvalue weighted by atomic mass is 10.1. The van der Waals surface area contributed by atoms with Crippen molar-refractivity contribution in [2.24, 2.45) is 5.92 Å². The third kappa shape index (κ3) is 3.83. The van der Waals surface area contributed by atoms with E-state index in [1.54, 1.807) is 0 Å². The number of nitriles is 1. The lowest BCUT2D eigenvalue weighted by Gasteiger charge is -2.24. The normalized spacial score (nSPS) is 20.1. The van der Waals surface area contributed by atoms with Gasteiger partial charge >= 0.3 is 0 Å². The average molecular weight is 340 g/mol. The number of carbonyl (C=O) groups is 2. The van der Waals surface area contributed by atoms with Gasteiger partial charge in [-0.2, -0.15) is 5.26 Å². The standard InChI is InChI=1S/C15H15F3N4O2/c1-21(20-10-3-12(16)15(18)13(17)4-10)7-14(24)22-6-9(8-23)2-11(22)5-19/h3-4,8-9,11,20H,2,6-7H2,1H3. The molecule has 24 heavy (non-hydrogen) atoms. The molecule has 1 amide bonds. The highest BCUT2D eigenvalue weighted by atomic mass is 19.2. The SMILES string of the molecule is CN(CC(=O)N1CC(C=O)CC1C#N)Nc1cc(F)c(F)c(F)c1. The van der Waals surface area contributed by atoms with E-state index >= 15 is 0 Å². The van der Waals surface area contributed by atoms with Gasteiger partial charge in [0.25, 0.3) is 0 Å². The number of hydrogen-bond donors (Lipinski definition) is 1. The molecule has 0 aliphatic carbocycles. The summed E-state index contributed by atoms with van der Waals surface area (Å²) in [5, 5.41) is 10.3. The number of carbonyl (C=O) groups excluding carboxylic acids is 2. The Bertz CT molecular complexity index is 669. The van der Waals surface area contributed by atoms with Crippen molar-refractivity contribution in [3.63, 3.8) is 0 Å². The van der Waals surface area contributed by atoms with Crippen LogP contribution in [0.5, 0.6) is 0 Å². The fourth-order valence-corrected chi connectivity index (χ4v) is 2.54. The Morgan fingerprint density at radius 2 is 2.08 bits per heavy atom. The van der Waals surface area contributed by atoms with Crippen LogP contribution in [0.1, 0.15) is 6.42 Å². The van der Waals surface area contributed by atoms with Gasteiger partial charge in [0.05, 0.1) is 18.3 Å². The molecule has 0 spiro atoms. The van der Waals surface area contributed by atoms with Crippen LogP contribution < -0.4 is 5.43 Å². The summed E-state index contributed by atoms with van der Waals surface area (Å²) in [4.78, 5) is 24.3. The molecule has 1 saturated heterocycles. The van der Waals surface area contributed by atoms with Gasteiger partial charge in [0.2, 0.25) is 5.91 Å². The molecular weight excluding hydrogens is 325 g/mol. The predicted octanol–water partition coefficient (Wildman–Crippen LogP) is 1.30. The summed E-state index contributed by atoms with van der Waals surface area (Å²) in [5.41, 5.74) is 2.49. The quantitative estimate of drug-likeness (QED) is 0.497. The third-order valence-corrected chi connectivity index (χ3v) is 3.67. The third-order valence-electron chi connectivity index (χ3n) is 3.67. The number of aldehydes is 1. The topological polar surface area (TPSA) is 76.4 Å². The monoisotopic (exact) mass is 340 g/mol. The Labute approximate surface area is 136 Å². The largest absolute Gasteiger partial charge is 0.325 e. The number of halogens is 3. The van der Waals surface area contributed by atoms with Gasteiger partial charge in [0.15, 0.2) is 17.5 Å². The van der Waals surface area contributed by atoms with Crippen molar-refractivity contribution >= 4 is 17.9 Å². The molecule has 0 saturated carbocycles. The Balaban J connectivity index is 1.99. The number of rotatable bonds is 5. The Kier molecular flexibility index (Phi) is 5.41. The molecule has 9 heteroatoms. The summed E-state index contributed by atoms with van der Waals surface area (Å²) >= 11 is 0. The first-order valence-electron chi connectivity index (χ1n) is 7.12. The number of nitrogens with one attached hydrogen (secondary N) is 1. The maximum Gasteiger partial charge on any atom is 0.239 e. The lowest BCUT2D eigenvalue weighted by molar-refractivity contribution is -0.131. The number of benzene rings is 1. The fraction of sp³-hybridized carbons (Fsp3) is 0.400. The lowest BCUT2D eigenvalue weighted by Crippen LogP contribution is -2.43. The number of hydrogen-bond acceptors (Lipinski definition) is 5. The molecule has 2 rings (SSSR count). The second kappa shape index (κ2) is 7.31. The summed E-state index contributed by atoms with van der Waals surface area (Å²) in [6, 6.07) is 2.81. The zero-order valence-corrected chi connectivity index (χ0v) is 12.8. The van der Waals surface area contributed by atoms with Crippen molar-refractivity contribution in [1.29, 1.82) is 5.26 Å². The van der Waals surface area contributed by atoms with E-state index in [1.165, 1.54) is 17.0 Å². The van der Waals surface area contributed by atoms with E-state index in [9.17, 15) is 22.8 Å². The summed E-state index contributed by atoms with van der Waals surface area (Å²) in [6.07, 6.45) is 1.00. The number of hydrazine groups is 1. The summed E-state index contributed by atoms with van der Waals surface area (Å²) in [7, 11) is 1.45. The van der Waals surface area contributed by atoms with Gasteiger partial charge in [-0.15, -0.1) is 0 Å². The second-order valence-corrected chi connectivity index (χ2v) is 5.54. The maximum absolute atomic E-state index is 13.2. The minimum absolute atomic E-state index is 0.0641. The van der Waals surface area contributed by atoms with E-state index in [4.69, 9.17) is 5.26 Å². The molecule has 0 bridgehead atoms. The highest BCUT2D eigenvalue weighted by molar-refractivity contribution is 5.80. The van der Waals surface area contributed by atoms with Crippen LogP contribution in [0.3, 0.4) is 0 Å². The minimum atomic E-state index is -1.58. The van der Waals surface area contributed by atoms with Crippen LogP contribution in [0.15, 0.2) is 12.1 Å². The molecule has 1 heterocycles. The molecule has 1 fully saturated rings. The zero-order valence-electron chi connectivity index (χ0n) is 12.8. The molecule has 1 aliphatic rings. The molecule has 1 N–H and O–H groups in total. The molecule has 2 unspecified atom stereocenters. The van der Waals surface area contributed by atoms with Crippen molar-refractivity contribution in [3.8, 4) is 6.07 Å². The first kappa shape index (κ1) is 17.7. The summed E-state index contributed by atoms with van der Waals surface area (Å²) < 4.78 is 39.2. The Hall–Kier alpha value is -2.60. The molecule has 1 aromatic rings. The van der Waals surface area contributed by atoms with Gasteiger partial charge in [0, 0.05) is 31.6 Å². The van der Waals surface area contributed by atoms with Crippen molar-refractivity contribution in [3.05, 3.63) is 29.6 Å². The van der Waals surface area contributed by atoms with Gasteiger partial charge in [0.1, 0.15) is 12.3 Å². The van der Waals surface area contributed by atoms with Gasteiger partial charge in [-0.25, -0.2) is 18.2 Å². The van der Waals surface area contributed by atoms with E-state index in [0.717, 1.165) is 12.1 Å². The number of likely N-dealkylation sites (tertiary alicyclic amines) is 1. The first-order chi connectivity index (χ1) is 11.3. The van der Waals surface area contributed by atoms with Gasteiger partial charge in [-0.1, -0.05) is 0 Å². The van der Waals surface area contributed by atoms with Crippen LogP contribution >= 0.6 is 0 Å². The van der Waals surface area contributed by atoms with Crippen LogP contribution in [-0.2, 0) is 9.59 Å². The van der Waals surface area contributed by atoms with Gasteiger partial charge < -0.3 is 15.1 Å². The number of anilines is 1. The predicted molar refractivity (Wildman–Crippen MR) is 77.9 cm³/mol. The molecule has 1 aromatic carbocycles. The molecule has 0 aromatic heterocycles. The smallest absolute Gasteiger partial charge is 0.239 e. The molecule has 128 valence electrons. The second-order valence-electron chi connectivity index (χ2n) is 5.54. The van der Waals surface area contributed by atoms with Crippen LogP contribution in [0, 0.1) is 34.7 Å². The van der Waals surface area contributed by atoms with E-state index < -0.39 is 29.4 Å². The highest BCUT2D eigenvalue weighted by Crippen LogP contribution is 2.22. The zero-order chi connectivity index (χ0) is 17.9. The Morgan fingerprint density at radius 3 is 2.62 bits per heavy atom. The van der Waals surface area contributed by atoms with Crippen LogP contribution in [0.2, 0.25) is 0 Å². The van der Waals surface area contributed by atoms with Crippen molar-refractivity contribution in [1.82, 2.24) is 9.91 Å². The number of amides is 1. The minimum Gasteiger partial charge on any atom is -0.325 e. The summed E-state index contributed by atoms with van der Waals surface area (Å²) in [6.45, 7) is -0.0431. The first-order valence-corrected chi connectivity index (χ1v) is 7.12. The van der Waals surface area contributed by atoms with Gasteiger partial charge in [-0.3, -0.25) is 4.79 Å². The van der Waals surface area contributed by atoms with Crippen molar-refractivity contribution < 1.29 is 22.8 Å². The molecule has 6 nitrogen and oxygen atoms in total. The summed E-state index contributed by atoms with van der Waals surface area (Å²) in [5.74, 6) is -5.07. The molecule has 1 aliphatic heterocycles. The fourth-order valence-electron chi connectivity index (χ4n) is 2.54. The Morgan fingerprint density at radius 1 is 1.46 bits per heavy atom. The highest BCUT2D eigenvalue weighted by Gasteiger charge is 2.35. The van der Waals surface area contributed by atoms with E-state index in [2.05, 4.69) is 5.43 Å². The van der Waals surface area contributed by atoms with E-state index in [0.29, 0.717) is 6.29 Å². The average Bonchev–Trinajstić information content (AvgIpc) is 2.96. The maximum atomic E-state index is 13.2. The van der Waals surface area contributed by atoms with Crippen LogP contribution in [0.4, 0.5) is 18.9 Å². The molecule has 2 atom stereocenters. The number of nitrogens with zero attached hydrogens (tertiary/aromatic N) is 3. The molecular formula is C15H15F3N4O2. The van der Waals surface area contributed by atoms with E-state index in [1.807, 2.05) is 6.07 Å². The van der Waals surface area contributed by atoms with Crippen molar-refractivity contribution in [2.75, 3.05) is 25.6 Å². The number of likely N-dealkylation sites (N-methyl/N-ethyl adjacent to an activating group) is 1. The van der Waals surface area contributed by atoms with Crippen LogP contribution in [-0.4, -0.2) is 48.3 Å².